The zero-order chi connectivity index (χ0) is 14.4. The van der Waals surface area contributed by atoms with Crippen LogP contribution in [0.3, 0.4) is 0 Å². The number of pyridine rings is 1. The van der Waals surface area contributed by atoms with Gasteiger partial charge in [0.1, 0.15) is 17.5 Å². The Morgan fingerprint density at radius 3 is 2.70 bits per heavy atom. The van der Waals surface area contributed by atoms with Crippen molar-refractivity contribution in [2.75, 3.05) is 5.73 Å². The van der Waals surface area contributed by atoms with Crippen LogP contribution in [-0.2, 0) is 0 Å². The molecular weight excluding hydrogens is 254 g/mol. The molecule has 0 aliphatic rings. The zero-order valence-electron chi connectivity index (χ0n) is 11.0. The minimum Gasteiger partial charge on any atom is -0.437 e. The molecule has 20 heavy (non-hydrogen) atoms. The van der Waals surface area contributed by atoms with Crippen LogP contribution in [-0.4, -0.2) is 4.98 Å². The number of anilines is 1. The average molecular weight is 265 g/mol. The summed E-state index contributed by atoms with van der Waals surface area (Å²) in [6, 6.07) is 7.06. The van der Waals surface area contributed by atoms with Crippen molar-refractivity contribution < 1.29 is 4.42 Å². The van der Waals surface area contributed by atoms with Gasteiger partial charge in [0.15, 0.2) is 0 Å². The Labute approximate surface area is 114 Å². The molecule has 98 valence electrons. The lowest BCUT2D eigenvalue weighted by Gasteiger charge is -2.06. The highest BCUT2D eigenvalue weighted by Crippen LogP contribution is 2.23. The molecule has 0 spiro atoms. The number of aryl methyl sites for hydroxylation is 2. The van der Waals surface area contributed by atoms with Crippen molar-refractivity contribution in [3.8, 4) is 6.07 Å². The van der Waals surface area contributed by atoms with Crippen LogP contribution >= 0.6 is 0 Å². The molecule has 3 rings (SSSR count). The first kappa shape index (κ1) is 12.2. The molecule has 0 saturated carbocycles. The number of benzene rings is 1. The van der Waals surface area contributed by atoms with Gasteiger partial charge in [-0.2, -0.15) is 10.2 Å². The van der Waals surface area contributed by atoms with Gasteiger partial charge in [0.2, 0.25) is 11.1 Å². The van der Waals surface area contributed by atoms with E-state index in [1.165, 1.54) is 6.07 Å². The predicted molar refractivity (Wildman–Crippen MR) is 76.4 cm³/mol. The number of nitrogen functional groups attached to an aromatic ring is 1. The third-order valence-corrected chi connectivity index (χ3v) is 3.24. The first-order valence-corrected chi connectivity index (χ1v) is 6.05. The number of nitrogens with two attached hydrogens (primary N) is 1. The molecule has 2 N–H and O–H groups in total. The molecule has 3 aromatic rings. The largest absolute Gasteiger partial charge is 0.437 e. The number of nitriles is 1. The molecule has 0 amide bonds. The van der Waals surface area contributed by atoms with E-state index in [2.05, 4.69) is 4.98 Å². The van der Waals surface area contributed by atoms with Gasteiger partial charge in [0.25, 0.3) is 0 Å². The highest BCUT2D eigenvalue weighted by molar-refractivity contribution is 5.91. The average Bonchev–Trinajstić information content (AvgIpc) is 2.40. The molecule has 0 bridgehead atoms. The highest BCUT2D eigenvalue weighted by atomic mass is 16.3. The Morgan fingerprint density at radius 1 is 1.25 bits per heavy atom. The Balaban J connectivity index is 2.59. The van der Waals surface area contributed by atoms with E-state index in [9.17, 15) is 4.79 Å². The summed E-state index contributed by atoms with van der Waals surface area (Å²) in [5.74, 6) is 0.0623. The topological polar surface area (TPSA) is 92.9 Å². The lowest BCUT2D eigenvalue weighted by Crippen LogP contribution is -2.06. The summed E-state index contributed by atoms with van der Waals surface area (Å²) in [5, 5.41) is 9.73. The fourth-order valence-electron chi connectivity index (χ4n) is 2.34. The van der Waals surface area contributed by atoms with Crippen molar-refractivity contribution in [3.05, 3.63) is 45.1 Å². The van der Waals surface area contributed by atoms with Crippen LogP contribution in [0.2, 0.25) is 0 Å². The molecule has 2 heterocycles. The predicted octanol–water partition coefficient (Wildman–Crippen LogP) is 2.41. The summed E-state index contributed by atoms with van der Waals surface area (Å²) in [6.07, 6.45) is 0. The zero-order valence-corrected chi connectivity index (χ0v) is 11.0. The SMILES string of the molecule is Cc1cc(C)c2oc3nc(N)c(C#N)cc3c(=O)c2c1. The van der Waals surface area contributed by atoms with Crippen molar-refractivity contribution in [1.82, 2.24) is 4.98 Å². The van der Waals surface area contributed by atoms with Crippen LogP contribution in [0.25, 0.3) is 22.1 Å². The minimum absolute atomic E-state index is 0.0623. The summed E-state index contributed by atoms with van der Waals surface area (Å²) in [5.41, 5.74) is 8.14. The molecule has 5 heteroatoms. The summed E-state index contributed by atoms with van der Waals surface area (Å²) >= 11 is 0. The van der Waals surface area contributed by atoms with Crippen LogP contribution in [0.5, 0.6) is 0 Å². The Hall–Kier alpha value is -2.87. The summed E-state index contributed by atoms with van der Waals surface area (Å²) in [7, 11) is 0. The molecule has 0 aliphatic carbocycles. The van der Waals surface area contributed by atoms with Gasteiger partial charge in [-0.05, 0) is 37.1 Å². The molecule has 0 saturated heterocycles. The second kappa shape index (κ2) is 4.07. The summed E-state index contributed by atoms with van der Waals surface area (Å²) in [4.78, 5) is 16.5. The number of nitrogens with zero attached hydrogens (tertiary/aromatic N) is 2. The third-order valence-electron chi connectivity index (χ3n) is 3.24. The maximum Gasteiger partial charge on any atom is 0.232 e. The van der Waals surface area contributed by atoms with Crippen molar-refractivity contribution in [2.24, 2.45) is 0 Å². The van der Waals surface area contributed by atoms with Crippen LogP contribution in [0.15, 0.2) is 27.4 Å². The number of rotatable bonds is 0. The molecule has 1 aromatic carbocycles. The van der Waals surface area contributed by atoms with Crippen molar-refractivity contribution in [1.29, 1.82) is 5.26 Å². The van der Waals surface area contributed by atoms with Gasteiger partial charge in [-0.1, -0.05) is 6.07 Å². The van der Waals surface area contributed by atoms with Gasteiger partial charge in [0.05, 0.1) is 16.3 Å². The van der Waals surface area contributed by atoms with Crippen LogP contribution in [0.4, 0.5) is 5.82 Å². The van der Waals surface area contributed by atoms with E-state index in [1.54, 1.807) is 6.07 Å². The second-order valence-electron chi connectivity index (χ2n) is 4.78. The first-order valence-electron chi connectivity index (χ1n) is 6.05. The molecular formula is C15H11N3O2. The van der Waals surface area contributed by atoms with E-state index in [0.717, 1.165) is 11.1 Å². The highest BCUT2D eigenvalue weighted by Gasteiger charge is 2.13. The maximum atomic E-state index is 12.5. The molecule has 0 unspecified atom stereocenters. The van der Waals surface area contributed by atoms with Crippen molar-refractivity contribution >= 4 is 27.9 Å². The van der Waals surface area contributed by atoms with E-state index in [-0.39, 0.29) is 27.9 Å². The van der Waals surface area contributed by atoms with Gasteiger partial charge in [-0.15, -0.1) is 0 Å². The number of aromatic nitrogens is 1. The molecule has 2 aromatic heterocycles. The van der Waals surface area contributed by atoms with E-state index < -0.39 is 0 Å². The summed E-state index contributed by atoms with van der Waals surface area (Å²) < 4.78 is 5.69. The first-order chi connectivity index (χ1) is 9.51. The second-order valence-corrected chi connectivity index (χ2v) is 4.78. The number of hydrogen-bond donors (Lipinski definition) is 1. The van der Waals surface area contributed by atoms with Crippen molar-refractivity contribution in [2.45, 2.75) is 13.8 Å². The maximum absolute atomic E-state index is 12.5. The minimum atomic E-state index is -0.197. The van der Waals surface area contributed by atoms with E-state index in [4.69, 9.17) is 15.4 Å². The lowest BCUT2D eigenvalue weighted by molar-refractivity contribution is 0.642. The fourth-order valence-corrected chi connectivity index (χ4v) is 2.34. The van der Waals surface area contributed by atoms with E-state index in [1.807, 2.05) is 26.0 Å². The molecule has 0 atom stereocenters. The van der Waals surface area contributed by atoms with Gasteiger partial charge in [-0.3, -0.25) is 4.79 Å². The monoisotopic (exact) mass is 265 g/mol. The van der Waals surface area contributed by atoms with Gasteiger partial charge in [-0.25, -0.2) is 0 Å². The number of hydrogen-bond acceptors (Lipinski definition) is 5. The van der Waals surface area contributed by atoms with Crippen LogP contribution in [0.1, 0.15) is 16.7 Å². The van der Waals surface area contributed by atoms with E-state index in [0.29, 0.717) is 11.0 Å². The van der Waals surface area contributed by atoms with E-state index >= 15 is 0 Å². The quantitative estimate of drug-likeness (QED) is 0.630. The van der Waals surface area contributed by atoms with Crippen LogP contribution in [0, 0.1) is 25.2 Å². The normalized spacial score (nSPS) is 10.8. The fraction of sp³-hybridized carbons (Fsp3) is 0.133. The molecule has 5 nitrogen and oxygen atoms in total. The van der Waals surface area contributed by atoms with Crippen molar-refractivity contribution in [3.63, 3.8) is 0 Å². The van der Waals surface area contributed by atoms with Gasteiger partial charge in [0, 0.05) is 0 Å². The Kier molecular flexibility index (Phi) is 2.48. The summed E-state index contributed by atoms with van der Waals surface area (Å²) in [6.45, 7) is 3.79. The molecule has 0 radical (unpaired) electrons. The van der Waals surface area contributed by atoms with Gasteiger partial charge >= 0.3 is 0 Å². The standard InChI is InChI=1S/C15H11N3O2/c1-7-3-8(2)13-10(4-7)12(19)11-5-9(6-16)14(17)18-15(11)20-13/h3-5H,1-2H3,(H2,17,18). The number of fused-ring (bicyclic) bond motifs is 2. The van der Waals surface area contributed by atoms with Gasteiger partial charge < -0.3 is 10.2 Å². The smallest absolute Gasteiger partial charge is 0.232 e. The lowest BCUT2D eigenvalue weighted by atomic mass is 10.1. The third kappa shape index (κ3) is 1.62. The van der Waals surface area contributed by atoms with Crippen LogP contribution < -0.4 is 11.2 Å². The Bertz CT molecular complexity index is 965. The molecule has 0 fully saturated rings. The Morgan fingerprint density at radius 2 is 2.00 bits per heavy atom. The molecule has 0 aliphatic heterocycles.